The van der Waals surface area contributed by atoms with E-state index in [1.54, 1.807) is 12.1 Å². The van der Waals surface area contributed by atoms with Crippen LogP contribution in [0, 0.1) is 11.8 Å². The van der Waals surface area contributed by atoms with E-state index in [4.69, 9.17) is 0 Å². The Kier molecular flexibility index (Phi) is 8.13. The minimum Gasteiger partial charge on any atom is -0.358 e. The number of carbonyl (C=O) groups excluding carboxylic acids is 1. The van der Waals surface area contributed by atoms with Crippen molar-refractivity contribution in [3.05, 3.63) is 39.9 Å². The van der Waals surface area contributed by atoms with Gasteiger partial charge < -0.3 is 10.3 Å². The molecule has 0 aromatic carbocycles. The molecule has 182 valence electrons. The van der Waals surface area contributed by atoms with Gasteiger partial charge in [0.05, 0.1) is 10.9 Å². The minimum atomic E-state index is -2.53. The van der Waals surface area contributed by atoms with Gasteiger partial charge in [-0.2, -0.15) is 0 Å². The predicted molar refractivity (Wildman–Crippen MR) is 119 cm³/mol. The third-order valence-electron chi connectivity index (χ3n) is 6.79. The lowest BCUT2D eigenvalue weighted by atomic mass is 9.66. The number of fused-ring (bicyclic) bond motifs is 1. The third-order valence-corrected chi connectivity index (χ3v) is 6.79. The van der Waals surface area contributed by atoms with Crippen molar-refractivity contribution >= 4 is 16.8 Å². The molecule has 2 aromatic heterocycles. The molecule has 0 radical (unpaired) electrons. The van der Waals surface area contributed by atoms with E-state index in [-0.39, 0.29) is 35.8 Å². The number of nitrogens with zero attached hydrogens (tertiary/aromatic N) is 1. The zero-order chi connectivity index (χ0) is 24.2. The molecule has 0 aliphatic heterocycles. The molecule has 2 aliphatic carbocycles. The number of hydrogen-bond acceptors (Lipinski definition) is 3. The van der Waals surface area contributed by atoms with Gasteiger partial charge in [-0.1, -0.05) is 12.8 Å². The van der Waals surface area contributed by atoms with Gasteiger partial charge in [0.25, 0.3) is 5.91 Å². The second-order valence-electron chi connectivity index (χ2n) is 9.02. The SMILES string of the molecule is CC(F)F.CNC(=O)c1nccc2[nH]c([C@@H]3CCCC[C@H]3C3CCC(F)(F)CC3)cc(=O)c12. The molecule has 0 unspecified atom stereocenters. The molecule has 2 aromatic rings. The molecule has 2 heterocycles. The van der Waals surface area contributed by atoms with Crippen LogP contribution >= 0.6 is 0 Å². The number of H-pyrrole nitrogens is 1. The van der Waals surface area contributed by atoms with E-state index < -0.39 is 18.3 Å². The molecule has 2 aliphatic rings. The maximum atomic E-state index is 13.6. The van der Waals surface area contributed by atoms with Crippen molar-refractivity contribution in [3.8, 4) is 0 Å². The van der Waals surface area contributed by atoms with Gasteiger partial charge in [-0.05, 0) is 50.5 Å². The van der Waals surface area contributed by atoms with Gasteiger partial charge in [-0.25, -0.2) is 17.6 Å². The van der Waals surface area contributed by atoms with E-state index in [9.17, 15) is 27.2 Å². The van der Waals surface area contributed by atoms with Gasteiger partial charge in [0.1, 0.15) is 5.69 Å². The molecule has 0 bridgehead atoms. The maximum Gasteiger partial charge on any atom is 0.270 e. The van der Waals surface area contributed by atoms with E-state index in [1.165, 1.54) is 13.2 Å². The highest BCUT2D eigenvalue weighted by molar-refractivity contribution is 6.04. The molecular formula is C24H31F4N3O2. The fraction of sp³-hybridized carbons (Fsp3) is 0.625. The largest absolute Gasteiger partial charge is 0.358 e. The molecule has 5 nitrogen and oxygen atoms in total. The van der Waals surface area contributed by atoms with Gasteiger partial charge >= 0.3 is 0 Å². The molecule has 0 spiro atoms. The number of aromatic amines is 1. The Labute approximate surface area is 190 Å². The van der Waals surface area contributed by atoms with Crippen molar-refractivity contribution in [1.82, 2.24) is 15.3 Å². The van der Waals surface area contributed by atoms with Gasteiger partial charge in [0.2, 0.25) is 12.3 Å². The second-order valence-corrected chi connectivity index (χ2v) is 9.02. The van der Waals surface area contributed by atoms with Crippen LogP contribution in [0.4, 0.5) is 17.6 Å². The number of hydrogen-bond donors (Lipinski definition) is 2. The monoisotopic (exact) mass is 469 g/mol. The first-order chi connectivity index (χ1) is 15.6. The van der Waals surface area contributed by atoms with Crippen LogP contribution in [0.3, 0.4) is 0 Å². The summed E-state index contributed by atoms with van der Waals surface area (Å²) in [6, 6.07) is 3.31. The zero-order valence-electron chi connectivity index (χ0n) is 19.0. The lowest BCUT2D eigenvalue weighted by Crippen LogP contribution is -2.33. The van der Waals surface area contributed by atoms with Crippen molar-refractivity contribution < 1.29 is 22.4 Å². The highest BCUT2D eigenvalue weighted by Gasteiger charge is 2.41. The molecule has 33 heavy (non-hydrogen) atoms. The van der Waals surface area contributed by atoms with E-state index in [2.05, 4.69) is 15.3 Å². The zero-order valence-corrected chi connectivity index (χ0v) is 19.0. The van der Waals surface area contributed by atoms with Crippen molar-refractivity contribution in [2.75, 3.05) is 7.05 Å². The topological polar surface area (TPSA) is 74.8 Å². The van der Waals surface area contributed by atoms with Crippen LogP contribution in [0.2, 0.25) is 0 Å². The molecule has 1 amide bonds. The Balaban J connectivity index is 0.000000709. The Morgan fingerprint density at radius 3 is 2.45 bits per heavy atom. The smallest absolute Gasteiger partial charge is 0.270 e. The van der Waals surface area contributed by atoms with E-state index in [1.807, 2.05) is 0 Å². The summed E-state index contributed by atoms with van der Waals surface area (Å²) in [6.45, 7) is 0.833. The lowest BCUT2D eigenvalue weighted by Gasteiger charge is -2.40. The number of carbonyl (C=O) groups is 1. The standard InChI is InChI=1S/C22H27F2N3O2.C2H4F2/c1-25-21(29)20-19-16(8-11-26-20)27-17(12-18(19)28)15-5-3-2-4-14(15)13-6-9-22(23,24)10-7-13;1-2(3)4/h8,11-15H,2-7,9-10H2,1H3,(H,25,29)(H,27,28);2H,1H3/t14-,15+;/m0./s1. The fourth-order valence-corrected chi connectivity index (χ4v) is 5.31. The van der Waals surface area contributed by atoms with Gasteiger partial charge in [0.15, 0.2) is 5.43 Å². The predicted octanol–water partition coefficient (Wildman–Crippen LogP) is 5.65. The molecule has 2 atom stereocenters. The summed E-state index contributed by atoms with van der Waals surface area (Å²) < 4.78 is 47.9. The number of pyridine rings is 2. The van der Waals surface area contributed by atoms with Crippen LogP contribution in [0.5, 0.6) is 0 Å². The molecule has 2 saturated carbocycles. The lowest BCUT2D eigenvalue weighted by molar-refractivity contribution is -0.0557. The van der Waals surface area contributed by atoms with E-state index in [0.29, 0.717) is 29.7 Å². The molecule has 9 heteroatoms. The summed E-state index contributed by atoms with van der Waals surface area (Å²) in [4.78, 5) is 32.5. The Hall–Kier alpha value is -2.45. The Bertz CT molecular complexity index is 1010. The Morgan fingerprint density at radius 2 is 1.82 bits per heavy atom. The number of rotatable bonds is 3. The summed E-state index contributed by atoms with van der Waals surface area (Å²) in [5.74, 6) is -2.17. The van der Waals surface area contributed by atoms with Crippen molar-refractivity contribution in [1.29, 1.82) is 0 Å². The number of aromatic nitrogens is 2. The summed E-state index contributed by atoms with van der Waals surface area (Å²) >= 11 is 0. The highest BCUT2D eigenvalue weighted by atomic mass is 19.3. The Morgan fingerprint density at radius 1 is 1.18 bits per heavy atom. The molecular weight excluding hydrogens is 438 g/mol. The molecule has 2 fully saturated rings. The third kappa shape index (κ3) is 6.12. The van der Waals surface area contributed by atoms with Crippen LogP contribution < -0.4 is 10.7 Å². The molecule has 4 rings (SSSR count). The normalized spacial score (nSPS) is 23.1. The average Bonchev–Trinajstić information content (AvgIpc) is 2.77. The van der Waals surface area contributed by atoms with Crippen LogP contribution in [-0.4, -0.2) is 35.3 Å². The number of halogens is 4. The van der Waals surface area contributed by atoms with Crippen molar-refractivity contribution in [2.24, 2.45) is 11.8 Å². The second kappa shape index (κ2) is 10.7. The van der Waals surface area contributed by atoms with Crippen LogP contribution in [0.15, 0.2) is 23.1 Å². The first kappa shape index (κ1) is 25.2. The summed E-state index contributed by atoms with van der Waals surface area (Å²) in [7, 11) is 1.51. The summed E-state index contributed by atoms with van der Waals surface area (Å²) in [5, 5.41) is 2.81. The fourth-order valence-electron chi connectivity index (χ4n) is 5.31. The van der Waals surface area contributed by atoms with Crippen molar-refractivity contribution in [3.63, 3.8) is 0 Å². The number of amides is 1. The average molecular weight is 470 g/mol. The van der Waals surface area contributed by atoms with Gasteiger partial charge in [-0.15, -0.1) is 0 Å². The van der Waals surface area contributed by atoms with Crippen LogP contribution in [0.25, 0.3) is 10.9 Å². The quantitative estimate of drug-likeness (QED) is 0.570. The van der Waals surface area contributed by atoms with Crippen molar-refractivity contribution in [2.45, 2.75) is 76.6 Å². The maximum absolute atomic E-state index is 13.6. The first-order valence-corrected chi connectivity index (χ1v) is 11.5. The van der Waals surface area contributed by atoms with E-state index >= 15 is 0 Å². The van der Waals surface area contributed by atoms with Crippen LogP contribution in [-0.2, 0) is 0 Å². The van der Waals surface area contributed by atoms with Gasteiger partial charge in [0, 0.05) is 43.8 Å². The highest BCUT2D eigenvalue weighted by Crippen LogP contribution is 2.48. The van der Waals surface area contributed by atoms with Crippen LogP contribution in [0.1, 0.15) is 80.4 Å². The first-order valence-electron chi connectivity index (χ1n) is 11.5. The van der Waals surface area contributed by atoms with E-state index in [0.717, 1.165) is 38.3 Å². The summed E-state index contributed by atoms with van der Waals surface area (Å²) in [5.41, 5.74) is 1.35. The number of nitrogens with one attached hydrogen (secondary N) is 2. The molecule has 2 N–H and O–H groups in total. The molecule has 0 saturated heterocycles. The number of alkyl halides is 4. The minimum absolute atomic E-state index is 0.0315. The van der Waals surface area contributed by atoms with Gasteiger partial charge in [-0.3, -0.25) is 14.6 Å². The summed E-state index contributed by atoms with van der Waals surface area (Å²) in [6.07, 6.45) is 4.54.